The topological polar surface area (TPSA) is 164 Å². The van der Waals surface area contributed by atoms with Crippen LogP contribution in [-0.2, 0) is 26.1 Å². The lowest BCUT2D eigenvalue weighted by atomic mass is 10.3. The monoisotopic (exact) mass is 470 g/mol. The standard InChI is InChI=1S/C16H14N4O7S3/c1-2-27-14(21)8-19-10-4-3-9(30(17,25)26)7-12(10)29-16(19)18-15(22)11-5-6-13(28-11)20(23)24/h3-7H,2,8H2,1H3,(H2,17,25,26). The molecular weight excluding hydrogens is 456 g/mol. The number of nitrogens with zero attached hydrogens (tertiary/aromatic N) is 3. The molecule has 3 aromatic rings. The third-order valence-corrected chi connectivity index (χ3v) is 6.73. The molecule has 11 nitrogen and oxygen atoms in total. The Morgan fingerprint density at radius 1 is 1.27 bits per heavy atom. The average molecular weight is 471 g/mol. The first-order valence-electron chi connectivity index (χ1n) is 8.25. The molecule has 0 saturated carbocycles. The molecule has 30 heavy (non-hydrogen) atoms. The maximum atomic E-state index is 12.5. The predicted octanol–water partition coefficient (Wildman–Crippen LogP) is 1.62. The second-order valence-electron chi connectivity index (χ2n) is 5.76. The van der Waals surface area contributed by atoms with Crippen molar-refractivity contribution >= 4 is 59.8 Å². The summed E-state index contributed by atoms with van der Waals surface area (Å²) in [5, 5.41) is 15.8. The summed E-state index contributed by atoms with van der Waals surface area (Å²) in [7, 11) is -3.95. The molecule has 0 atom stereocenters. The summed E-state index contributed by atoms with van der Waals surface area (Å²) in [5.74, 6) is -1.31. The van der Waals surface area contributed by atoms with Gasteiger partial charge in [0.1, 0.15) is 11.4 Å². The number of thiophene rings is 1. The van der Waals surface area contributed by atoms with E-state index in [9.17, 15) is 28.1 Å². The van der Waals surface area contributed by atoms with E-state index in [4.69, 9.17) is 9.88 Å². The summed E-state index contributed by atoms with van der Waals surface area (Å²) >= 11 is 1.64. The second-order valence-corrected chi connectivity index (χ2v) is 9.40. The minimum Gasteiger partial charge on any atom is -0.465 e. The van der Waals surface area contributed by atoms with Gasteiger partial charge in [0, 0.05) is 6.07 Å². The van der Waals surface area contributed by atoms with Gasteiger partial charge < -0.3 is 9.30 Å². The molecule has 0 unspecified atom stereocenters. The Labute approximate surface area is 177 Å². The molecule has 3 rings (SSSR count). The van der Waals surface area contributed by atoms with E-state index < -0.39 is 26.8 Å². The van der Waals surface area contributed by atoms with Crippen molar-refractivity contribution in [3.63, 3.8) is 0 Å². The predicted molar refractivity (Wildman–Crippen MR) is 109 cm³/mol. The number of rotatable bonds is 6. The summed E-state index contributed by atoms with van der Waals surface area (Å²) in [4.78, 5) is 38.7. The van der Waals surface area contributed by atoms with Crippen molar-refractivity contribution in [1.82, 2.24) is 4.57 Å². The number of ether oxygens (including phenoxy) is 1. The molecule has 0 aliphatic heterocycles. The van der Waals surface area contributed by atoms with Crippen LogP contribution < -0.4 is 9.94 Å². The molecule has 14 heteroatoms. The van der Waals surface area contributed by atoms with Gasteiger partial charge in [0.05, 0.1) is 26.6 Å². The van der Waals surface area contributed by atoms with Crippen LogP contribution in [-0.4, -0.2) is 36.4 Å². The molecule has 2 heterocycles. The van der Waals surface area contributed by atoms with Crippen LogP contribution in [0.15, 0.2) is 40.2 Å². The lowest BCUT2D eigenvalue weighted by molar-refractivity contribution is -0.380. The normalized spacial score (nSPS) is 12.3. The van der Waals surface area contributed by atoms with Gasteiger partial charge in [0.15, 0.2) is 4.80 Å². The molecular formula is C16H14N4O7S3. The molecule has 0 bridgehead atoms. The summed E-state index contributed by atoms with van der Waals surface area (Å²) in [6.45, 7) is 1.53. The number of carbonyl (C=O) groups is 2. The third kappa shape index (κ3) is 4.62. The summed E-state index contributed by atoms with van der Waals surface area (Å²) in [5.41, 5.74) is 0.448. The number of thiazole rings is 1. The lowest BCUT2D eigenvalue weighted by Gasteiger charge is -2.05. The van der Waals surface area contributed by atoms with Crippen molar-refractivity contribution in [1.29, 1.82) is 0 Å². The molecule has 0 aliphatic carbocycles. The van der Waals surface area contributed by atoms with Crippen LogP contribution in [0.5, 0.6) is 0 Å². The first-order chi connectivity index (χ1) is 14.1. The van der Waals surface area contributed by atoms with Crippen LogP contribution in [0.4, 0.5) is 5.00 Å². The quantitative estimate of drug-likeness (QED) is 0.325. The molecule has 0 aliphatic rings. The maximum absolute atomic E-state index is 12.5. The van der Waals surface area contributed by atoms with Crippen LogP contribution in [0.3, 0.4) is 0 Å². The largest absolute Gasteiger partial charge is 0.465 e. The number of hydrogen-bond acceptors (Lipinski definition) is 9. The Morgan fingerprint density at radius 3 is 2.60 bits per heavy atom. The number of esters is 1. The van der Waals surface area contributed by atoms with Gasteiger partial charge in [-0.15, -0.1) is 0 Å². The fourth-order valence-corrected chi connectivity index (χ4v) is 4.87. The van der Waals surface area contributed by atoms with Crippen LogP contribution in [0.2, 0.25) is 0 Å². The minimum atomic E-state index is -3.95. The van der Waals surface area contributed by atoms with Gasteiger partial charge in [-0.1, -0.05) is 22.7 Å². The molecule has 158 valence electrons. The van der Waals surface area contributed by atoms with E-state index in [1.807, 2.05) is 0 Å². The lowest BCUT2D eigenvalue weighted by Crippen LogP contribution is -2.23. The zero-order valence-corrected chi connectivity index (χ0v) is 17.8. The van der Waals surface area contributed by atoms with Crippen molar-refractivity contribution < 1.29 is 27.7 Å². The van der Waals surface area contributed by atoms with Crippen LogP contribution in [0.25, 0.3) is 10.2 Å². The highest BCUT2D eigenvalue weighted by atomic mass is 32.2. The number of primary sulfonamides is 1. The Hall–Kier alpha value is -2.94. The first-order valence-corrected chi connectivity index (χ1v) is 11.4. The number of nitrogens with two attached hydrogens (primary N) is 1. The molecule has 2 aromatic heterocycles. The minimum absolute atomic E-state index is 0.0482. The van der Waals surface area contributed by atoms with E-state index in [0.717, 1.165) is 11.3 Å². The Morgan fingerprint density at radius 2 is 2.00 bits per heavy atom. The van der Waals surface area contributed by atoms with Gasteiger partial charge in [-0.2, -0.15) is 4.99 Å². The van der Waals surface area contributed by atoms with Gasteiger partial charge >= 0.3 is 11.0 Å². The number of carbonyl (C=O) groups excluding carboxylic acids is 2. The van der Waals surface area contributed by atoms with E-state index in [1.165, 1.54) is 34.9 Å². The number of benzene rings is 1. The van der Waals surface area contributed by atoms with Crippen LogP contribution in [0.1, 0.15) is 16.6 Å². The van der Waals surface area contributed by atoms with Crippen LogP contribution in [0, 0.1) is 10.1 Å². The van der Waals surface area contributed by atoms with Crippen LogP contribution >= 0.6 is 22.7 Å². The number of sulfonamides is 1. The van der Waals surface area contributed by atoms with Gasteiger partial charge in [-0.25, -0.2) is 13.6 Å². The number of aromatic nitrogens is 1. The van der Waals surface area contributed by atoms with Crippen molar-refractivity contribution in [3.05, 3.63) is 50.1 Å². The fraction of sp³-hybridized carbons (Fsp3) is 0.188. The third-order valence-electron chi connectivity index (χ3n) is 3.76. The number of fused-ring (bicyclic) bond motifs is 1. The number of amides is 1. The smallest absolute Gasteiger partial charge is 0.326 e. The molecule has 1 amide bonds. The maximum Gasteiger partial charge on any atom is 0.326 e. The zero-order valence-electron chi connectivity index (χ0n) is 15.3. The highest BCUT2D eigenvalue weighted by Gasteiger charge is 2.18. The van der Waals surface area contributed by atoms with E-state index in [0.29, 0.717) is 21.6 Å². The number of nitro groups is 1. The van der Waals surface area contributed by atoms with Gasteiger partial charge in [0.25, 0.3) is 5.91 Å². The van der Waals surface area contributed by atoms with Crippen molar-refractivity contribution in [2.24, 2.45) is 10.1 Å². The Kier molecular flexibility index (Phi) is 6.12. The molecule has 0 spiro atoms. The average Bonchev–Trinajstić information content (AvgIpc) is 3.27. The van der Waals surface area contributed by atoms with Gasteiger partial charge in [-0.3, -0.25) is 19.7 Å². The Balaban J connectivity index is 2.14. The SMILES string of the molecule is CCOC(=O)Cn1c(=NC(=O)c2ccc([N+](=O)[O-])s2)sc2cc(S(N)(=O)=O)ccc21. The highest BCUT2D eigenvalue weighted by Crippen LogP contribution is 2.25. The van der Waals surface area contributed by atoms with Crippen molar-refractivity contribution in [2.45, 2.75) is 18.4 Å². The zero-order chi connectivity index (χ0) is 22.1. The van der Waals surface area contributed by atoms with E-state index in [-0.39, 0.29) is 32.7 Å². The van der Waals surface area contributed by atoms with Gasteiger partial charge in [0.2, 0.25) is 10.0 Å². The number of hydrogen-bond donors (Lipinski definition) is 1. The fourth-order valence-electron chi connectivity index (χ4n) is 2.49. The molecule has 0 radical (unpaired) electrons. The Bertz CT molecular complexity index is 1330. The van der Waals surface area contributed by atoms with E-state index >= 15 is 0 Å². The van der Waals surface area contributed by atoms with E-state index in [2.05, 4.69) is 4.99 Å². The molecule has 0 fully saturated rings. The van der Waals surface area contributed by atoms with Crippen molar-refractivity contribution in [3.8, 4) is 0 Å². The molecule has 0 saturated heterocycles. The van der Waals surface area contributed by atoms with E-state index in [1.54, 1.807) is 6.92 Å². The summed E-state index contributed by atoms with van der Waals surface area (Å²) in [6, 6.07) is 6.53. The van der Waals surface area contributed by atoms with Crippen molar-refractivity contribution in [2.75, 3.05) is 6.61 Å². The molecule has 1 aromatic carbocycles. The van der Waals surface area contributed by atoms with Gasteiger partial charge in [-0.05, 0) is 31.2 Å². The second kappa shape index (κ2) is 8.43. The first kappa shape index (κ1) is 21.8. The highest BCUT2D eigenvalue weighted by molar-refractivity contribution is 7.89. The summed E-state index contributed by atoms with van der Waals surface area (Å²) < 4.78 is 30.0. The molecule has 2 N–H and O–H groups in total. The summed E-state index contributed by atoms with van der Waals surface area (Å²) in [6.07, 6.45) is 0.